The summed E-state index contributed by atoms with van der Waals surface area (Å²) in [5.41, 5.74) is 1.58. The van der Waals surface area contributed by atoms with E-state index in [2.05, 4.69) is 5.32 Å². The minimum Gasteiger partial charge on any atom is -0.482 e. The van der Waals surface area contributed by atoms with Crippen LogP contribution in [0.2, 0.25) is 0 Å². The van der Waals surface area contributed by atoms with Gasteiger partial charge in [-0.05, 0) is 31.4 Å². The summed E-state index contributed by atoms with van der Waals surface area (Å²) in [5.74, 6) is -0.251. The second kappa shape index (κ2) is 7.83. The van der Waals surface area contributed by atoms with E-state index in [0.29, 0.717) is 11.3 Å². The van der Waals surface area contributed by atoms with Gasteiger partial charge in [-0.3, -0.25) is 4.79 Å². The van der Waals surface area contributed by atoms with Crippen molar-refractivity contribution in [1.29, 1.82) is 0 Å². The monoisotopic (exact) mass is 339 g/mol. The molecule has 0 saturated heterocycles. The topological polar surface area (TPSA) is 64.6 Å². The Balaban J connectivity index is 1.63. The van der Waals surface area contributed by atoms with Crippen molar-refractivity contribution >= 4 is 11.9 Å². The molecule has 0 unspecified atom stereocenters. The van der Waals surface area contributed by atoms with Crippen LogP contribution in [-0.4, -0.2) is 24.5 Å². The molecule has 1 amide bonds. The third kappa shape index (κ3) is 4.83. The van der Waals surface area contributed by atoms with Crippen molar-refractivity contribution in [2.45, 2.75) is 31.9 Å². The molecular weight excluding hydrogens is 318 g/mol. The number of ether oxygens (including phenoxy) is 2. The zero-order valence-electron chi connectivity index (χ0n) is 14.1. The number of hydrogen-bond acceptors (Lipinski definition) is 4. The molecule has 0 radical (unpaired) electrons. The number of carbonyl (C=O) groups is 2. The van der Waals surface area contributed by atoms with Crippen LogP contribution < -0.4 is 10.1 Å². The van der Waals surface area contributed by atoms with Crippen molar-refractivity contribution in [2.75, 3.05) is 6.61 Å². The molecule has 1 aliphatic rings. The Kier molecular flexibility index (Phi) is 5.33. The number of rotatable bonds is 7. The third-order valence-corrected chi connectivity index (χ3v) is 3.95. The van der Waals surface area contributed by atoms with Crippen LogP contribution in [0.25, 0.3) is 0 Å². The first kappa shape index (κ1) is 17.0. The lowest BCUT2D eigenvalue weighted by atomic mass is 10.1. The van der Waals surface area contributed by atoms with E-state index in [1.54, 1.807) is 18.2 Å². The first-order valence-corrected chi connectivity index (χ1v) is 8.36. The van der Waals surface area contributed by atoms with Crippen LogP contribution in [0, 0.1) is 6.92 Å². The molecule has 3 rings (SSSR count). The molecule has 1 fully saturated rings. The van der Waals surface area contributed by atoms with Crippen molar-refractivity contribution in [3.05, 3.63) is 65.7 Å². The fourth-order valence-electron chi connectivity index (χ4n) is 2.43. The summed E-state index contributed by atoms with van der Waals surface area (Å²) in [5, 5.41) is 2.88. The summed E-state index contributed by atoms with van der Waals surface area (Å²) < 4.78 is 10.9. The Labute approximate surface area is 147 Å². The van der Waals surface area contributed by atoms with Crippen LogP contribution in [0.3, 0.4) is 0 Å². The largest absolute Gasteiger partial charge is 0.482 e. The first-order valence-electron chi connectivity index (χ1n) is 8.36. The minimum absolute atomic E-state index is 0.195. The average Bonchev–Trinajstić information content (AvgIpc) is 3.43. The van der Waals surface area contributed by atoms with Gasteiger partial charge in [0.25, 0.3) is 5.91 Å². The van der Waals surface area contributed by atoms with E-state index in [1.165, 1.54) is 0 Å². The Morgan fingerprint density at radius 2 is 1.76 bits per heavy atom. The van der Waals surface area contributed by atoms with Gasteiger partial charge in [0.05, 0.1) is 0 Å². The lowest BCUT2D eigenvalue weighted by Gasteiger charge is -2.18. The Bertz CT molecular complexity index is 740. The fourth-order valence-corrected chi connectivity index (χ4v) is 2.43. The highest BCUT2D eigenvalue weighted by molar-refractivity contribution is 5.85. The molecule has 0 spiro atoms. The summed E-state index contributed by atoms with van der Waals surface area (Å²) >= 11 is 0. The lowest BCUT2D eigenvalue weighted by Crippen LogP contribution is -2.34. The van der Waals surface area contributed by atoms with E-state index in [1.807, 2.05) is 43.3 Å². The first-order chi connectivity index (χ1) is 12.1. The number of carbonyl (C=O) groups excluding carboxylic acids is 2. The van der Waals surface area contributed by atoms with Gasteiger partial charge in [0, 0.05) is 11.6 Å². The van der Waals surface area contributed by atoms with Crippen LogP contribution in [0.15, 0.2) is 54.6 Å². The second-order valence-corrected chi connectivity index (χ2v) is 6.12. The molecule has 1 aliphatic carbocycles. The maximum atomic E-state index is 12.4. The number of benzene rings is 2. The molecular formula is C20H21NO4. The number of aryl methyl sites for hydroxylation is 1. The van der Waals surface area contributed by atoms with Crippen LogP contribution in [0.1, 0.15) is 30.1 Å². The molecule has 0 heterocycles. The van der Waals surface area contributed by atoms with E-state index in [0.717, 1.165) is 18.4 Å². The molecule has 25 heavy (non-hydrogen) atoms. The van der Waals surface area contributed by atoms with Gasteiger partial charge in [0.15, 0.2) is 6.61 Å². The molecule has 1 N–H and O–H groups in total. The van der Waals surface area contributed by atoms with Gasteiger partial charge in [-0.15, -0.1) is 0 Å². The van der Waals surface area contributed by atoms with Crippen molar-refractivity contribution in [3.8, 4) is 5.75 Å². The minimum atomic E-state index is -0.963. The van der Waals surface area contributed by atoms with E-state index in [9.17, 15) is 9.59 Å². The molecule has 0 aliphatic heterocycles. The van der Waals surface area contributed by atoms with Crippen molar-refractivity contribution < 1.29 is 19.1 Å². The highest BCUT2D eigenvalue weighted by Crippen LogP contribution is 2.23. The van der Waals surface area contributed by atoms with Crippen LogP contribution in [-0.2, 0) is 14.3 Å². The number of amides is 1. The Morgan fingerprint density at radius 1 is 1.08 bits per heavy atom. The van der Waals surface area contributed by atoms with Crippen molar-refractivity contribution in [2.24, 2.45) is 0 Å². The molecule has 5 nitrogen and oxygen atoms in total. The molecule has 0 bridgehead atoms. The lowest BCUT2D eigenvalue weighted by molar-refractivity contribution is -0.158. The van der Waals surface area contributed by atoms with Gasteiger partial charge in [-0.2, -0.15) is 0 Å². The SMILES string of the molecule is Cc1ccccc1OCC(=O)O[C@@H](C(=O)NC1CC1)c1ccccc1. The maximum Gasteiger partial charge on any atom is 0.345 e. The highest BCUT2D eigenvalue weighted by atomic mass is 16.6. The summed E-state index contributed by atoms with van der Waals surface area (Å²) in [7, 11) is 0. The summed E-state index contributed by atoms with van der Waals surface area (Å²) in [6, 6.07) is 16.6. The molecule has 0 aromatic heterocycles. The molecule has 5 heteroatoms. The van der Waals surface area contributed by atoms with Gasteiger partial charge in [-0.1, -0.05) is 48.5 Å². The summed E-state index contributed by atoms with van der Waals surface area (Å²) in [6.45, 7) is 1.65. The zero-order valence-corrected chi connectivity index (χ0v) is 14.1. The number of nitrogens with one attached hydrogen (secondary N) is 1. The van der Waals surface area contributed by atoms with Crippen molar-refractivity contribution in [1.82, 2.24) is 5.32 Å². The summed E-state index contributed by atoms with van der Waals surface area (Å²) in [6.07, 6.45) is 0.976. The summed E-state index contributed by atoms with van der Waals surface area (Å²) in [4.78, 5) is 24.6. The molecule has 1 saturated carbocycles. The van der Waals surface area contributed by atoms with Crippen molar-refractivity contribution in [3.63, 3.8) is 0 Å². The Morgan fingerprint density at radius 3 is 2.44 bits per heavy atom. The smallest absolute Gasteiger partial charge is 0.345 e. The van der Waals surface area contributed by atoms with E-state index < -0.39 is 12.1 Å². The number of hydrogen-bond donors (Lipinski definition) is 1. The van der Waals surface area contributed by atoms with Gasteiger partial charge in [0.1, 0.15) is 5.75 Å². The molecule has 1 atom stereocenters. The van der Waals surface area contributed by atoms with Gasteiger partial charge in [-0.25, -0.2) is 4.79 Å². The van der Waals surface area contributed by atoms with Gasteiger partial charge >= 0.3 is 5.97 Å². The predicted molar refractivity (Wildman–Crippen MR) is 93.1 cm³/mol. The van der Waals surface area contributed by atoms with Gasteiger partial charge < -0.3 is 14.8 Å². The van der Waals surface area contributed by atoms with E-state index in [4.69, 9.17) is 9.47 Å². The van der Waals surface area contributed by atoms with E-state index >= 15 is 0 Å². The number of esters is 1. The van der Waals surface area contributed by atoms with E-state index in [-0.39, 0.29) is 18.6 Å². The third-order valence-electron chi connectivity index (χ3n) is 3.95. The highest BCUT2D eigenvalue weighted by Gasteiger charge is 2.30. The Hall–Kier alpha value is -2.82. The molecule has 130 valence electrons. The predicted octanol–water partition coefficient (Wildman–Crippen LogP) is 2.94. The normalized spacial score (nSPS) is 14.4. The quantitative estimate of drug-likeness (QED) is 0.788. The zero-order chi connectivity index (χ0) is 17.6. The van der Waals surface area contributed by atoms with Crippen LogP contribution >= 0.6 is 0 Å². The van der Waals surface area contributed by atoms with Gasteiger partial charge in [0.2, 0.25) is 6.10 Å². The van der Waals surface area contributed by atoms with Crippen LogP contribution in [0.4, 0.5) is 0 Å². The van der Waals surface area contributed by atoms with Crippen LogP contribution in [0.5, 0.6) is 5.75 Å². The number of para-hydroxylation sites is 1. The average molecular weight is 339 g/mol. The second-order valence-electron chi connectivity index (χ2n) is 6.12. The molecule has 2 aromatic rings. The fraction of sp³-hybridized carbons (Fsp3) is 0.300. The maximum absolute atomic E-state index is 12.4. The standard InChI is InChI=1S/C20H21NO4/c1-14-7-5-6-10-17(14)24-13-18(22)25-19(15-8-3-2-4-9-15)20(23)21-16-11-12-16/h2-10,16,19H,11-13H2,1H3,(H,21,23)/t19-/m1/s1. The molecule has 2 aromatic carbocycles.